The maximum Gasteiger partial charge on any atom is 0.166 e. The van der Waals surface area contributed by atoms with Crippen molar-refractivity contribution in [1.82, 2.24) is 25.1 Å². The highest BCUT2D eigenvalue weighted by atomic mass is 19.1. The second-order valence-electron chi connectivity index (χ2n) is 7.31. The molecular weight excluding hydrogens is 397 g/mol. The van der Waals surface area contributed by atoms with Gasteiger partial charge < -0.3 is 21.2 Å². The predicted octanol–water partition coefficient (Wildman–Crippen LogP) is 3.36. The zero-order chi connectivity index (χ0) is 22.1. The highest BCUT2D eigenvalue weighted by Gasteiger charge is 2.23. The van der Waals surface area contributed by atoms with E-state index in [4.69, 9.17) is 15.9 Å². The number of anilines is 1. The van der Waals surface area contributed by atoms with E-state index in [0.717, 1.165) is 11.3 Å². The SMILES string of the molecule is CCN/C1=C(\C=N)Cc2nc(C)nn2-c2ccc(F)cc2C(C)Oc2cc1cnc2N. The van der Waals surface area contributed by atoms with Gasteiger partial charge in [-0.3, -0.25) is 0 Å². The number of nitrogen functional groups attached to an aromatic ring is 1. The number of nitrogens with one attached hydrogen (secondary N) is 2. The average Bonchev–Trinajstić information content (AvgIpc) is 3.11. The van der Waals surface area contributed by atoms with E-state index in [0.29, 0.717) is 47.2 Å². The number of fused-ring (bicyclic) bond motifs is 5. The first-order valence-electron chi connectivity index (χ1n) is 10.0. The van der Waals surface area contributed by atoms with Crippen LogP contribution in [-0.4, -0.2) is 32.5 Å². The van der Waals surface area contributed by atoms with Gasteiger partial charge in [0.2, 0.25) is 0 Å². The van der Waals surface area contributed by atoms with Crippen molar-refractivity contribution in [2.24, 2.45) is 0 Å². The van der Waals surface area contributed by atoms with Crippen LogP contribution in [0.15, 0.2) is 36.0 Å². The third kappa shape index (κ3) is 3.86. The van der Waals surface area contributed by atoms with E-state index >= 15 is 0 Å². The number of ether oxygens (including phenoxy) is 1. The van der Waals surface area contributed by atoms with Gasteiger partial charge in [0.1, 0.15) is 23.6 Å². The summed E-state index contributed by atoms with van der Waals surface area (Å²) in [4.78, 5) is 8.86. The number of benzene rings is 1. The lowest BCUT2D eigenvalue weighted by Crippen LogP contribution is -2.18. The predicted molar refractivity (Wildman–Crippen MR) is 117 cm³/mol. The van der Waals surface area contributed by atoms with Crippen LogP contribution < -0.4 is 15.8 Å². The Kier molecular flexibility index (Phi) is 5.41. The minimum absolute atomic E-state index is 0.232. The monoisotopic (exact) mass is 421 g/mol. The number of pyridine rings is 1. The summed E-state index contributed by atoms with van der Waals surface area (Å²) in [6, 6.07) is 6.26. The Labute approximate surface area is 179 Å². The lowest BCUT2D eigenvalue weighted by atomic mass is 10.0. The Morgan fingerprint density at radius 2 is 2.19 bits per heavy atom. The van der Waals surface area contributed by atoms with E-state index in [1.807, 2.05) is 13.8 Å². The summed E-state index contributed by atoms with van der Waals surface area (Å²) < 4.78 is 22.0. The lowest BCUT2D eigenvalue weighted by molar-refractivity contribution is 0.226. The minimum Gasteiger partial charge on any atom is -0.482 e. The molecule has 2 bridgehead atoms. The van der Waals surface area contributed by atoms with Gasteiger partial charge in [-0.1, -0.05) is 0 Å². The molecule has 0 spiro atoms. The number of halogens is 1. The molecule has 1 aliphatic heterocycles. The van der Waals surface area contributed by atoms with Crippen molar-refractivity contribution in [3.8, 4) is 11.4 Å². The molecular formula is C22H24FN7O. The summed E-state index contributed by atoms with van der Waals surface area (Å²) in [5, 5.41) is 15.9. The molecule has 1 aromatic carbocycles. The maximum absolute atomic E-state index is 14.2. The molecule has 1 aliphatic rings. The number of aromatic nitrogens is 4. The Hall–Kier alpha value is -3.75. The fourth-order valence-electron chi connectivity index (χ4n) is 3.71. The second-order valence-corrected chi connectivity index (χ2v) is 7.31. The molecule has 0 saturated carbocycles. The molecule has 160 valence electrons. The van der Waals surface area contributed by atoms with Crippen LogP contribution in [-0.2, 0) is 6.42 Å². The number of nitrogens with two attached hydrogens (primary N) is 1. The topological polar surface area (TPSA) is 115 Å². The van der Waals surface area contributed by atoms with Gasteiger partial charge in [0, 0.05) is 47.8 Å². The third-order valence-corrected chi connectivity index (χ3v) is 5.11. The Bertz CT molecular complexity index is 1180. The van der Waals surface area contributed by atoms with Crippen molar-refractivity contribution < 1.29 is 9.13 Å². The molecule has 0 saturated heterocycles. The molecule has 31 heavy (non-hydrogen) atoms. The molecule has 0 radical (unpaired) electrons. The van der Waals surface area contributed by atoms with Crippen LogP contribution in [0.5, 0.6) is 5.75 Å². The molecule has 3 heterocycles. The van der Waals surface area contributed by atoms with E-state index in [9.17, 15) is 4.39 Å². The van der Waals surface area contributed by atoms with Gasteiger partial charge in [0.15, 0.2) is 11.6 Å². The van der Waals surface area contributed by atoms with Crippen LogP contribution in [0.4, 0.5) is 10.2 Å². The minimum atomic E-state index is -0.532. The van der Waals surface area contributed by atoms with Crippen LogP contribution in [0.1, 0.15) is 42.7 Å². The summed E-state index contributed by atoms with van der Waals surface area (Å²) >= 11 is 0. The zero-order valence-electron chi connectivity index (χ0n) is 17.6. The third-order valence-electron chi connectivity index (χ3n) is 5.11. The Balaban J connectivity index is 2.03. The first kappa shape index (κ1) is 20.5. The lowest BCUT2D eigenvalue weighted by Gasteiger charge is -2.22. The number of rotatable bonds is 3. The molecule has 3 aromatic rings. The molecule has 2 aromatic heterocycles. The average molecular weight is 421 g/mol. The van der Waals surface area contributed by atoms with Gasteiger partial charge in [-0.15, -0.1) is 0 Å². The quantitative estimate of drug-likeness (QED) is 0.559. The molecule has 9 heteroatoms. The number of hydrogen-bond donors (Lipinski definition) is 3. The number of allylic oxidation sites excluding steroid dienone is 1. The zero-order valence-corrected chi connectivity index (χ0v) is 17.6. The molecule has 8 nitrogen and oxygen atoms in total. The van der Waals surface area contributed by atoms with Gasteiger partial charge in [-0.05, 0) is 45.0 Å². The summed E-state index contributed by atoms with van der Waals surface area (Å²) in [5.41, 5.74) is 9.51. The normalized spacial score (nSPS) is 18.1. The largest absolute Gasteiger partial charge is 0.482 e. The first-order chi connectivity index (χ1) is 14.9. The van der Waals surface area contributed by atoms with Crippen molar-refractivity contribution in [1.29, 1.82) is 5.41 Å². The van der Waals surface area contributed by atoms with Gasteiger partial charge >= 0.3 is 0 Å². The van der Waals surface area contributed by atoms with Crippen LogP contribution in [0.2, 0.25) is 0 Å². The Morgan fingerprint density at radius 3 is 2.94 bits per heavy atom. The highest BCUT2D eigenvalue weighted by molar-refractivity contribution is 5.89. The smallest absolute Gasteiger partial charge is 0.166 e. The number of nitrogens with zero attached hydrogens (tertiary/aromatic N) is 4. The second kappa shape index (κ2) is 8.17. The van der Waals surface area contributed by atoms with E-state index in [1.54, 1.807) is 29.9 Å². The van der Waals surface area contributed by atoms with Gasteiger partial charge in [-0.2, -0.15) is 5.10 Å². The van der Waals surface area contributed by atoms with Crippen LogP contribution in [0, 0.1) is 18.2 Å². The van der Waals surface area contributed by atoms with E-state index < -0.39 is 6.10 Å². The van der Waals surface area contributed by atoms with E-state index in [-0.39, 0.29) is 11.6 Å². The molecule has 0 aliphatic carbocycles. The molecule has 4 N–H and O–H groups in total. The standard InChI is InChI=1S/C22H24FN7O/c1-4-26-21-14(10-24)8-20-28-13(3)29-30(20)18-6-5-16(23)9-17(18)12(2)31-19-7-15(21)11-27-22(19)25/h5-7,9-12,24,26H,4,8H2,1-3H3,(H2,25,27)/b21-14-,24-10?. The summed E-state index contributed by atoms with van der Waals surface area (Å²) in [5.74, 6) is 1.45. The van der Waals surface area contributed by atoms with Crippen LogP contribution in [0.3, 0.4) is 0 Å². The summed E-state index contributed by atoms with van der Waals surface area (Å²) in [7, 11) is 0. The van der Waals surface area contributed by atoms with Gasteiger partial charge in [0.05, 0.1) is 5.69 Å². The first-order valence-corrected chi connectivity index (χ1v) is 10.0. The van der Waals surface area contributed by atoms with Crippen molar-refractivity contribution in [3.63, 3.8) is 0 Å². The maximum atomic E-state index is 14.2. The Morgan fingerprint density at radius 1 is 1.39 bits per heavy atom. The fourth-order valence-corrected chi connectivity index (χ4v) is 3.71. The van der Waals surface area contributed by atoms with Crippen molar-refractivity contribution in [3.05, 3.63) is 64.6 Å². The molecule has 0 amide bonds. The van der Waals surface area contributed by atoms with Crippen LogP contribution >= 0.6 is 0 Å². The van der Waals surface area contributed by atoms with Gasteiger partial charge in [-0.25, -0.2) is 19.0 Å². The molecule has 4 rings (SSSR count). The summed E-state index contributed by atoms with van der Waals surface area (Å²) in [6.07, 6.45) is 2.75. The number of aryl methyl sites for hydroxylation is 1. The molecule has 0 fully saturated rings. The van der Waals surface area contributed by atoms with E-state index in [2.05, 4.69) is 20.4 Å². The van der Waals surface area contributed by atoms with Crippen molar-refractivity contribution in [2.45, 2.75) is 33.3 Å². The van der Waals surface area contributed by atoms with Crippen molar-refractivity contribution in [2.75, 3.05) is 12.3 Å². The van der Waals surface area contributed by atoms with Crippen LogP contribution in [0.25, 0.3) is 11.4 Å². The highest BCUT2D eigenvalue weighted by Crippen LogP contribution is 2.33. The van der Waals surface area contributed by atoms with Gasteiger partial charge in [0.25, 0.3) is 0 Å². The molecule has 1 atom stereocenters. The fraction of sp³-hybridized carbons (Fsp3) is 0.273. The van der Waals surface area contributed by atoms with Crippen molar-refractivity contribution >= 4 is 17.7 Å². The molecule has 1 unspecified atom stereocenters. The summed E-state index contributed by atoms with van der Waals surface area (Å²) in [6.45, 7) is 6.25. The number of hydrogen-bond acceptors (Lipinski definition) is 7. The van der Waals surface area contributed by atoms with E-state index in [1.165, 1.54) is 18.3 Å².